The fourth-order valence-electron chi connectivity index (χ4n) is 3.11. The maximum atomic E-state index is 12.0. The van der Waals surface area contributed by atoms with Gasteiger partial charge < -0.3 is 24.7 Å². The van der Waals surface area contributed by atoms with Gasteiger partial charge in [-0.3, -0.25) is 9.59 Å². The molecular formula is C18H17NO8. The first-order valence-corrected chi connectivity index (χ1v) is 8.30. The standard InChI is InChI=1S/C18H17NO8/c20-15(19-13(17(23)24)7-16(21)22)8-26-9-4-5-11-10-2-1-3-12(10)18(25)27-14(11)6-9/h4-6,13H,1-3,7-8H2,(H,19,20)(H,21,22)(H,23,24)/t13-/m0/s1. The molecular weight excluding hydrogens is 358 g/mol. The Kier molecular flexibility index (Phi) is 5.11. The number of carboxylic acids is 2. The van der Waals surface area contributed by atoms with E-state index in [1.54, 1.807) is 12.1 Å². The molecule has 0 spiro atoms. The predicted molar refractivity (Wildman–Crippen MR) is 91.8 cm³/mol. The van der Waals surface area contributed by atoms with E-state index in [0.717, 1.165) is 23.8 Å². The summed E-state index contributed by atoms with van der Waals surface area (Å²) >= 11 is 0. The second kappa shape index (κ2) is 7.48. The Morgan fingerprint density at radius 3 is 2.63 bits per heavy atom. The number of ether oxygens (including phenoxy) is 1. The van der Waals surface area contributed by atoms with Crippen LogP contribution in [0.1, 0.15) is 24.0 Å². The van der Waals surface area contributed by atoms with Crippen molar-refractivity contribution in [1.29, 1.82) is 0 Å². The molecule has 1 amide bonds. The second-order valence-corrected chi connectivity index (χ2v) is 6.20. The smallest absolute Gasteiger partial charge is 0.339 e. The molecule has 2 aromatic rings. The number of carbonyl (C=O) groups excluding carboxylic acids is 1. The van der Waals surface area contributed by atoms with E-state index in [-0.39, 0.29) is 11.4 Å². The van der Waals surface area contributed by atoms with Crippen molar-refractivity contribution in [3.63, 3.8) is 0 Å². The molecule has 1 atom stereocenters. The molecule has 27 heavy (non-hydrogen) atoms. The van der Waals surface area contributed by atoms with Gasteiger partial charge >= 0.3 is 17.6 Å². The fraction of sp³-hybridized carbons (Fsp3) is 0.333. The number of amides is 1. The summed E-state index contributed by atoms with van der Waals surface area (Å²) in [5.41, 5.74) is 1.66. The highest BCUT2D eigenvalue weighted by molar-refractivity contribution is 5.87. The summed E-state index contributed by atoms with van der Waals surface area (Å²) in [6, 6.07) is 3.32. The minimum atomic E-state index is -1.55. The summed E-state index contributed by atoms with van der Waals surface area (Å²) in [6.07, 6.45) is 1.67. The lowest BCUT2D eigenvalue weighted by molar-refractivity contribution is -0.147. The molecule has 1 aromatic heterocycles. The van der Waals surface area contributed by atoms with E-state index >= 15 is 0 Å². The van der Waals surface area contributed by atoms with E-state index in [0.29, 0.717) is 17.6 Å². The number of hydrogen-bond acceptors (Lipinski definition) is 6. The van der Waals surface area contributed by atoms with Gasteiger partial charge in [0.05, 0.1) is 6.42 Å². The average Bonchev–Trinajstić information content (AvgIpc) is 3.09. The van der Waals surface area contributed by atoms with Crippen molar-refractivity contribution in [3.8, 4) is 5.75 Å². The third-order valence-corrected chi connectivity index (χ3v) is 4.33. The first-order chi connectivity index (χ1) is 12.8. The van der Waals surface area contributed by atoms with Gasteiger partial charge in [0, 0.05) is 17.0 Å². The minimum absolute atomic E-state index is 0.267. The molecule has 142 valence electrons. The molecule has 0 fully saturated rings. The maximum Gasteiger partial charge on any atom is 0.339 e. The lowest BCUT2D eigenvalue weighted by atomic mass is 10.1. The van der Waals surface area contributed by atoms with Gasteiger partial charge in [0.1, 0.15) is 17.4 Å². The average molecular weight is 375 g/mol. The maximum absolute atomic E-state index is 12.0. The molecule has 0 saturated heterocycles. The number of aryl methyl sites for hydroxylation is 1. The summed E-state index contributed by atoms with van der Waals surface area (Å²) in [5.74, 6) is -3.31. The van der Waals surface area contributed by atoms with Crippen molar-refractivity contribution in [2.45, 2.75) is 31.7 Å². The number of benzene rings is 1. The molecule has 3 N–H and O–H groups in total. The van der Waals surface area contributed by atoms with Crippen LogP contribution < -0.4 is 15.7 Å². The van der Waals surface area contributed by atoms with Crippen LogP contribution in [-0.2, 0) is 27.2 Å². The third-order valence-electron chi connectivity index (χ3n) is 4.33. The van der Waals surface area contributed by atoms with Crippen molar-refractivity contribution >= 4 is 28.8 Å². The molecule has 9 heteroatoms. The first kappa shape index (κ1) is 18.4. The van der Waals surface area contributed by atoms with E-state index < -0.39 is 36.9 Å². The molecule has 1 aliphatic carbocycles. The van der Waals surface area contributed by atoms with E-state index in [2.05, 4.69) is 5.32 Å². The molecule has 0 radical (unpaired) electrons. The number of carbonyl (C=O) groups is 3. The van der Waals surface area contributed by atoms with Crippen LogP contribution >= 0.6 is 0 Å². The van der Waals surface area contributed by atoms with E-state index in [1.807, 2.05) is 0 Å². The zero-order valence-corrected chi connectivity index (χ0v) is 14.2. The Bertz CT molecular complexity index is 977. The van der Waals surface area contributed by atoms with E-state index in [4.69, 9.17) is 19.4 Å². The Labute approximate surface area is 152 Å². The van der Waals surface area contributed by atoms with Crippen LogP contribution in [0, 0.1) is 0 Å². The predicted octanol–water partition coefficient (Wildman–Crippen LogP) is 0.705. The van der Waals surface area contributed by atoms with Crippen LogP contribution in [0.2, 0.25) is 0 Å². The fourth-order valence-corrected chi connectivity index (χ4v) is 3.11. The van der Waals surface area contributed by atoms with Gasteiger partial charge in [-0.05, 0) is 37.0 Å². The molecule has 0 saturated carbocycles. The van der Waals surface area contributed by atoms with E-state index in [1.165, 1.54) is 6.07 Å². The van der Waals surface area contributed by atoms with Crippen LogP contribution in [0.4, 0.5) is 0 Å². The highest BCUT2D eigenvalue weighted by Crippen LogP contribution is 2.29. The van der Waals surface area contributed by atoms with Crippen LogP contribution in [-0.4, -0.2) is 40.7 Å². The normalized spacial score (nSPS) is 13.8. The molecule has 0 unspecified atom stereocenters. The minimum Gasteiger partial charge on any atom is -0.484 e. The Balaban J connectivity index is 1.69. The van der Waals surface area contributed by atoms with Crippen LogP contribution in [0.25, 0.3) is 11.0 Å². The molecule has 1 heterocycles. The summed E-state index contributed by atoms with van der Waals surface area (Å²) in [7, 11) is 0. The Morgan fingerprint density at radius 1 is 1.19 bits per heavy atom. The van der Waals surface area contributed by atoms with E-state index in [9.17, 15) is 19.2 Å². The van der Waals surface area contributed by atoms with Crippen molar-refractivity contribution in [2.24, 2.45) is 0 Å². The van der Waals surface area contributed by atoms with Crippen LogP contribution in [0.15, 0.2) is 27.4 Å². The summed E-state index contributed by atoms with van der Waals surface area (Å²) < 4.78 is 10.6. The molecule has 9 nitrogen and oxygen atoms in total. The van der Waals surface area contributed by atoms with Gasteiger partial charge in [0.2, 0.25) is 0 Å². The molecule has 0 bridgehead atoms. The zero-order valence-electron chi connectivity index (χ0n) is 14.2. The number of hydrogen-bond donors (Lipinski definition) is 3. The number of aliphatic carboxylic acids is 2. The van der Waals surface area contributed by atoms with Crippen molar-refractivity contribution in [2.75, 3.05) is 6.61 Å². The van der Waals surface area contributed by atoms with Crippen molar-refractivity contribution < 1.29 is 33.8 Å². The number of rotatable bonds is 7. The molecule has 0 aliphatic heterocycles. The second-order valence-electron chi connectivity index (χ2n) is 6.20. The van der Waals surface area contributed by atoms with Gasteiger partial charge in [0.25, 0.3) is 5.91 Å². The lowest BCUT2D eigenvalue weighted by Gasteiger charge is -2.13. The van der Waals surface area contributed by atoms with Crippen molar-refractivity contribution in [1.82, 2.24) is 5.32 Å². The number of fused-ring (bicyclic) bond motifs is 3. The SMILES string of the molecule is O=C(O)C[C@H](NC(=O)COc1ccc2c3c(c(=O)oc2c1)CCC3)C(=O)O. The zero-order chi connectivity index (χ0) is 19.6. The quantitative estimate of drug-likeness (QED) is 0.600. The largest absolute Gasteiger partial charge is 0.484 e. The summed E-state index contributed by atoms with van der Waals surface area (Å²) in [5, 5.41) is 20.5. The van der Waals surface area contributed by atoms with Crippen molar-refractivity contribution in [3.05, 3.63) is 39.7 Å². The highest BCUT2D eigenvalue weighted by Gasteiger charge is 2.23. The topological polar surface area (TPSA) is 143 Å². The van der Waals surface area contributed by atoms with Gasteiger partial charge in [-0.2, -0.15) is 0 Å². The van der Waals surface area contributed by atoms with Gasteiger partial charge in [-0.1, -0.05) is 0 Å². The van der Waals surface area contributed by atoms with Crippen LogP contribution in [0.3, 0.4) is 0 Å². The lowest BCUT2D eigenvalue weighted by Crippen LogP contribution is -2.44. The number of nitrogens with one attached hydrogen (secondary N) is 1. The third kappa shape index (κ3) is 4.08. The van der Waals surface area contributed by atoms with Gasteiger partial charge in [-0.25, -0.2) is 9.59 Å². The van der Waals surface area contributed by atoms with Gasteiger partial charge in [-0.15, -0.1) is 0 Å². The monoisotopic (exact) mass is 375 g/mol. The van der Waals surface area contributed by atoms with Gasteiger partial charge in [0.15, 0.2) is 6.61 Å². The Hall–Kier alpha value is -3.36. The molecule has 1 aromatic carbocycles. The first-order valence-electron chi connectivity index (χ1n) is 8.30. The summed E-state index contributed by atoms with van der Waals surface area (Å²) in [4.78, 5) is 45.4. The summed E-state index contributed by atoms with van der Waals surface area (Å²) in [6.45, 7) is -0.510. The molecule has 3 rings (SSSR count). The Morgan fingerprint density at radius 2 is 1.93 bits per heavy atom. The number of carboxylic acid groups (broad SMARTS) is 2. The molecule has 1 aliphatic rings. The van der Waals surface area contributed by atoms with Crippen LogP contribution in [0.5, 0.6) is 5.75 Å². The highest BCUT2D eigenvalue weighted by atomic mass is 16.5.